The van der Waals surface area contributed by atoms with Gasteiger partial charge in [-0.3, -0.25) is 4.79 Å². The molecule has 0 aliphatic carbocycles. The van der Waals surface area contributed by atoms with Crippen molar-refractivity contribution in [3.63, 3.8) is 0 Å². The van der Waals surface area contributed by atoms with Crippen molar-refractivity contribution in [2.24, 2.45) is 0 Å². The van der Waals surface area contributed by atoms with Crippen molar-refractivity contribution in [2.75, 3.05) is 19.7 Å². The summed E-state index contributed by atoms with van der Waals surface area (Å²) in [5.74, 6) is 0.133. The molecule has 0 N–H and O–H groups in total. The Labute approximate surface area is 139 Å². The fraction of sp³-hybridized carbons (Fsp3) is 0.353. The molecular weight excluding hydrogens is 313 g/mol. The van der Waals surface area contributed by atoms with Crippen LogP contribution in [-0.2, 0) is 4.79 Å². The topological polar surface area (TPSA) is 64.5 Å². The third-order valence-corrected chi connectivity index (χ3v) is 3.77. The van der Waals surface area contributed by atoms with Crippen molar-refractivity contribution in [1.82, 2.24) is 14.9 Å². The number of amides is 1. The molecule has 2 aromatic rings. The maximum absolute atomic E-state index is 12.8. The van der Waals surface area contributed by atoms with Gasteiger partial charge in [-0.15, -0.1) is 0 Å². The normalized spacial score (nSPS) is 15.1. The lowest BCUT2D eigenvalue weighted by molar-refractivity contribution is -0.135. The predicted octanol–water partition coefficient (Wildman–Crippen LogP) is 2.06. The van der Waals surface area contributed by atoms with Gasteiger partial charge in [-0.05, 0) is 12.1 Å². The Kier molecular flexibility index (Phi) is 5.20. The second-order valence-corrected chi connectivity index (χ2v) is 5.48. The zero-order chi connectivity index (χ0) is 16.8. The molecule has 2 heterocycles. The zero-order valence-electron chi connectivity index (χ0n) is 13.1. The van der Waals surface area contributed by atoms with Gasteiger partial charge in [-0.25, -0.2) is 14.4 Å². The Morgan fingerprint density at radius 3 is 2.50 bits per heavy atom. The largest absolute Gasteiger partial charge is 0.484 e. The first-order chi connectivity index (χ1) is 11.7. The van der Waals surface area contributed by atoms with Crippen molar-refractivity contribution in [2.45, 2.75) is 18.9 Å². The summed E-state index contributed by atoms with van der Waals surface area (Å²) in [6, 6.07) is 9.41. The monoisotopic (exact) mass is 331 g/mol. The molecule has 0 radical (unpaired) electrons. The first kappa shape index (κ1) is 16.2. The molecule has 3 rings (SSSR count). The molecule has 1 amide bonds. The van der Waals surface area contributed by atoms with E-state index in [1.54, 1.807) is 4.90 Å². The molecule has 1 aliphatic rings. The Bertz CT molecular complexity index is 659. The molecule has 1 aromatic heterocycles. The highest BCUT2D eigenvalue weighted by Crippen LogP contribution is 2.16. The van der Waals surface area contributed by atoms with E-state index >= 15 is 0 Å². The van der Waals surface area contributed by atoms with Crippen LogP contribution < -0.4 is 9.47 Å². The molecule has 7 heteroatoms. The van der Waals surface area contributed by atoms with Crippen LogP contribution in [0.5, 0.6) is 11.8 Å². The first-order valence-electron chi connectivity index (χ1n) is 7.80. The van der Waals surface area contributed by atoms with E-state index in [1.807, 2.05) is 30.3 Å². The van der Waals surface area contributed by atoms with Crippen LogP contribution in [0.2, 0.25) is 0 Å². The van der Waals surface area contributed by atoms with E-state index in [1.165, 1.54) is 0 Å². The third-order valence-electron chi connectivity index (χ3n) is 3.77. The maximum Gasteiger partial charge on any atom is 0.316 e. The smallest absolute Gasteiger partial charge is 0.316 e. The van der Waals surface area contributed by atoms with Gasteiger partial charge in [0.2, 0.25) is 0 Å². The number of halogens is 1. The number of aromatic nitrogens is 2. The van der Waals surface area contributed by atoms with E-state index in [-0.39, 0.29) is 24.6 Å². The highest BCUT2D eigenvalue weighted by Gasteiger charge is 2.24. The van der Waals surface area contributed by atoms with Gasteiger partial charge < -0.3 is 14.4 Å². The van der Waals surface area contributed by atoms with Gasteiger partial charge in [0.15, 0.2) is 12.4 Å². The summed E-state index contributed by atoms with van der Waals surface area (Å²) in [4.78, 5) is 21.5. The highest BCUT2D eigenvalue weighted by atomic mass is 19.1. The van der Waals surface area contributed by atoms with E-state index < -0.39 is 5.82 Å². The lowest BCUT2D eigenvalue weighted by atomic mass is 10.1. The molecule has 6 nitrogen and oxygen atoms in total. The van der Waals surface area contributed by atoms with E-state index in [0.717, 1.165) is 12.4 Å². The number of hydrogen-bond donors (Lipinski definition) is 0. The SMILES string of the molecule is O=C(COc1ccccc1)N1CCC(Oc2ncc(F)cn2)CC1. The maximum atomic E-state index is 12.8. The Hall–Kier alpha value is -2.70. The second kappa shape index (κ2) is 7.72. The van der Waals surface area contributed by atoms with Crippen molar-refractivity contribution in [3.8, 4) is 11.8 Å². The molecule has 0 unspecified atom stereocenters. The summed E-state index contributed by atoms with van der Waals surface area (Å²) < 4.78 is 23.9. The van der Waals surface area contributed by atoms with Crippen molar-refractivity contribution < 1.29 is 18.7 Å². The summed E-state index contributed by atoms with van der Waals surface area (Å²) in [7, 11) is 0. The van der Waals surface area contributed by atoms with Crippen LogP contribution in [0.15, 0.2) is 42.7 Å². The van der Waals surface area contributed by atoms with Gasteiger partial charge in [0.25, 0.3) is 5.91 Å². The van der Waals surface area contributed by atoms with E-state index in [9.17, 15) is 9.18 Å². The number of carbonyl (C=O) groups excluding carboxylic acids is 1. The van der Waals surface area contributed by atoms with E-state index in [0.29, 0.717) is 31.7 Å². The molecular formula is C17H18FN3O3. The summed E-state index contributed by atoms with van der Waals surface area (Å²) >= 11 is 0. The Balaban J connectivity index is 1.42. The quantitative estimate of drug-likeness (QED) is 0.839. The second-order valence-electron chi connectivity index (χ2n) is 5.48. The fourth-order valence-electron chi connectivity index (χ4n) is 2.49. The minimum atomic E-state index is -0.499. The number of ether oxygens (including phenoxy) is 2. The molecule has 1 saturated heterocycles. The van der Waals surface area contributed by atoms with E-state index in [4.69, 9.17) is 9.47 Å². The van der Waals surface area contributed by atoms with Gasteiger partial charge in [-0.2, -0.15) is 0 Å². The summed E-state index contributed by atoms with van der Waals surface area (Å²) in [5, 5.41) is 0. The number of piperidine rings is 1. The molecule has 0 saturated carbocycles. The van der Waals surface area contributed by atoms with Crippen molar-refractivity contribution in [3.05, 3.63) is 48.5 Å². The van der Waals surface area contributed by atoms with E-state index in [2.05, 4.69) is 9.97 Å². The van der Waals surface area contributed by atoms with Gasteiger partial charge in [-0.1, -0.05) is 18.2 Å². The zero-order valence-corrected chi connectivity index (χ0v) is 13.1. The summed E-state index contributed by atoms with van der Waals surface area (Å²) in [5.41, 5.74) is 0. The van der Waals surface area contributed by atoms with Crippen molar-refractivity contribution >= 4 is 5.91 Å². The van der Waals surface area contributed by atoms with Crippen LogP contribution >= 0.6 is 0 Å². The highest BCUT2D eigenvalue weighted by molar-refractivity contribution is 5.77. The van der Waals surface area contributed by atoms with Gasteiger partial charge in [0.05, 0.1) is 12.4 Å². The lowest BCUT2D eigenvalue weighted by Gasteiger charge is -2.31. The lowest BCUT2D eigenvalue weighted by Crippen LogP contribution is -2.43. The predicted molar refractivity (Wildman–Crippen MR) is 84.2 cm³/mol. The molecule has 126 valence electrons. The number of para-hydroxylation sites is 1. The van der Waals surface area contributed by atoms with Crippen LogP contribution in [0.25, 0.3) is 0 Å². The summed E-state index contributed by atoms with van der Waals surface area (Å²) in [6.45, 7) is 1.20. The van der Waals surface area contributed by atoms with Gasteiger partial charge in [0, 0.05) is 25.9 Å². The van der Waals surface area contributed by atoms with Crippen LogP contribution in [0.1, 0.15) is 12.8 Å². The van der Waals surface area contributed by atoms with Crippen LogP contribution in [-0.4, -0.2) is 46.6 Å². The number of benzene rings is 1. The van der Waals surface area contributed by atoms with Crippen LogP contribution in [0.3, 0.4) is 0 Å². The Morgan fingerprint density at radius 2 is 1.83 bits per heavy atom. The minimum absolute atomic E-state index is 0.0244. The van der Waals surface area contributed by atoms with Crippen LogP contribution in [0.4, 0.5) is 4.39 Å². The number of likely N-dealkylation sites (tertiary alicyclic amines) is 1. The average Bonchev–Trinajstić information content (AvgIpc) is 2.63. The molecule has 1 fully saturated rings. The molecule has 0 atom stereocenters. The summed E-state index contributed by atoms with van der Waals surface area (Å²) in [6.07, 6.45) is 3.42. The standard InChI is InChI=1S/C17H18FN3O3/c18-13-10-19-17(20-11-13)24-15-6-8-21(9-7-15)16(22)12-23-14-4-2-1-3-5-14/h1-5,10-11,15H,6-9,12H2. The molecule has 1 aliphatic heterocycles. The molecule has 24 heavy (non-hydrogen) atoms. The fourth-order valence-corrected chi connectivity index (χ4v) is 2.49. The minimum Gasteiger partial charge on any atom is -0.484 e. The number of nitrogens with zero attached hydrogens (tertiary/aromatic N) is 3. The third kappa shape index (κ3) is 4.41. The molecule has 1 aromatic carbocycles. The van der Waals surface area contributed by atoms with Gasteiger partial charge in [0.1, 0.15) is 11.9 Å². The Morgan fingerprint density at radius 1 is 1.17 bits per heavy atom. The first-order valence-corrected chi connectivity index (χ1v) is 7.80. The number of rotatable bonds is 5. The number of hydrogen-bond acceptors (Lipinski definition) is 5. The van der Waals surface area contributed by atoms with Crippen LogP contribution in [0, 0.1) is 5.82 Å². The molecule has 0 bridgehead atoms. The molecule has 0 spiro atoms. The van der Waals surface area contributed by atoms with Crippen molar-refractivity contribution in [1.29, 1.82) is 0 Å². The average molecular weight is 331 g/mol. The van der Waals surface area contributed by atoms with Gasteiger partial charge >= 0.3 is 6.01 Å². The number of carbonyl (C=O) groups is 1.